The van der Waals surface area contributed by atoms with Crippen LogP contribution in [0.5, 0.6) is 5.75 Å². The van der Waals surface area contributed by atoms with Gasteiger partial charge in [-0.15, -0.1) is 0 Å². The molecule has 29 heavy (non-hydrogen) atoms. The highest BCUT2D eigenvalue weighted by Crippen LogP contribution is 2.28. The van der Waals surface area contributed by atoms with E-state index in [2.05, 4.69) is 0 Å². The molecule has 4 nitrogen and oxygen atoms in total. The van der Waals surface area contributed by atoms with Crippen LogP contribution in [0.25, 0.3) is 6.08 Å². The van der Waals surface area contributed by atoms with Gasteiger partial charge >= 0.3 is 10.1 Å². The van der Waals surface area contributed by atoms with Crippen molar-refractivity contribution < 1.29 is 17.4 Å². The molecule has 0 saturated carbocycles. The molecule has 0 aromatic heterocycles. The first-order valence-electron chi connectivity index (χ1n) is 8.22. The van der Waals surface area contributed by atoms with Gasteiger partial charge in [0.05, 0.1) is 5.02 Å². The maximum Gasteiger partial charge on any atom is 0.340 e. The Bertz CT molecular complexity index is 1190. The van der Waals surface area contributed by atoms with Crippen molar-refractivity contribution in [3.63, 3.8) is 0 Å². The summed E-state index contributed by atoms with van der Waals surface area (Å²) in [5.41, 5.74) is 1.16. The van der Waals surface area contributed by atoms with Gasteiger partial charge in [0.1, 0.15) is 10.6 Å². The lowest BCUT2D eigenvalue weighted by Gasteiger charge is -2.09. The van der Waals surface area contributed by atoms with Crippen LogP contribution >= 0.6 is 34.8 Å². The molecule has 0 atom stereocenters. The van der Waals surface area contributed by atoms with Gasteiger partial charge in [-0.1, -0.05) is 53.0 Å². The fourth-order valence-electron chi connectivity index (χ4n) is 2.39. The monoisotopic (exact) mass is 466 g/mol. The van der Waals surface area contributed by atoms with Crippen molar-refractivity contribution in [1.82, 2.24) is 0 Å². The summed E-state index contributed by atoms with van der Waals surface area (Å²) < 4.78 is 29.9. The highest BCUT2D eigenvalue weighted by molar-refractivity contribution is 7.87. The summed E-state index contributed by atoms with van der Waals surface area (Å²) in [5.74, 6) is -0.214. The lowest BCUT2D eigenvalue weighted by atomic mass is 10.1. The van der Waals surface area contributed by atoms with Crippen molar-refractivity contribution in [2.24, 2.45) is 0 Å². The minimum atomic E-state index is -4.18. The Kier molecular flexibility index (Phi) is 6.65. The Labute approximate surface area is 183 Å². The molecule has 0 saturated heterocycles. The summed E-state index contributed by atoms with van der Waals surface area (Å²) in [6.45, 7) is 0. The molecule has 0 aliphatic heterocycles. The van der Waals surface area contributed by atoms with Crippen molar-refractivity contribution >= 4 is 56.8 Å². The Balaban J connectivity index is 1.74. The van der Waals surface area contributed by atoms with Crippen LogP contribution in [-0.4, -0.2) is 14.2 Å². The molecule has 0 spiro atoms. The van der Waals surface area contributed by atoms with Gasteiger partial charge in [0.25, 0.3) is 0 Å². The lowest BCUT2D eigenvalue weighted by molar-refractivity contribution is 0.104. The number of allylic oxidation sites excluding steroid dienone is 1. The van der Waals surface area contributed by atoms with E-state index in [1.807, 2.05) is 6.07 Å². The summed E-state index contributed by atoms with van der Waals surface area (Å²) in [4.78, 5) is 12.1. The normalized spacial score (nSPS) is 11.6. The van der Waals surface area contributed by atoms with Crippen molar-refractivity contribution in [1.29, 1.82) is 0 Å². The summed E-state index contributed by atoms with van der Waals surface area (Å²) in [6, 6.07) is 16.8. The predicted molar refractivity (Wildman–Crippen MR) is 116 cm³/mol. The second-order valence-corrected chi connectivity index (χ2v) is 8.68. The van der Waals surface area contributed by atoms with Gasteiger partial charge in [-0.2, -0.15) is 8.42 Å². The van der Waals surface area contributed by atoms with Crippen LogP contribution in [0, 0.1) is 0 Å². The second-order valence-electron chi connectivity index (χ2n) is 5.89. The van der Waals surface area contributed by atoms with Gasteiger partial charge in [-0.3, -0.25) is 4.79 Å². The van der Waals surface area contributed by atoms with E-state index in [1.165, 1.54) is 48.5 Å². The van der Waals surface area contributed by atoms with Gasteiger partial charge in [0.15, 0.2) is 5.78 Å². The van der Waals surface area contributed by atoms with E-state index < -0.39 is 10.1 Å². The zero-order valence-electron chi connectivity index (χ0n) is 14.7. The van der Waals surface area contributed by atoms with E-state index in [0.717, 1.165) is 5.56 Å². The zero-order chi connectivity index (χ0) is 21.0. The zero-order valence-corrected chi connectivity index (χ0v) is 17.8. The molecule has 0 radical (unpaired) electrons. The van der Waals surface area contributed by atoms with Crippen LogP contribution in [-0.2, 0) is 10.1 Å². The number of rotatable bonds is 6. The summed E-state index contributed by atoms with van der Waals surface area (Å²) in [6.07, 6.45) is 3.05. The minimum absolute atomic E-state index is 0.00708. The molecule has 0 heterocycles. The number of carbonyl (C=O) groups is 1. The average Bonchev–Trinajstić information content (AvgIpc) is 2.68. The van der Waals surface area contributed by atoms with Crippen molar-refractivity contribution in [3.8, 4) is 5.75 Å². The Hall–Kier alpha value is -2.31. The standard InChI is InChI=1S/C21H13Cl3O4S/c22-16-3-1-2-14(12-16)4-11-20(25)15-5-8-18(9-6-15)28-29(26,27)21-13-17(23)7-10-19(21)24/h1-13H/b11-4+. The van der Waals surface area contributed by atoms with Gasteiger partial charge < -0.3 is 4.18 Å². The van der Waals surface area contributed by atoms with Gasteiger partial charge in [0.2, 0.25) is 0 Å². The van der Waals surface area contributed by atoms with Crippen molar-refractivity contribution in [2.75, 3.05) is 0 Å². The highest BCUT2D eigenvalue weighted by atomic mass is 35.5. The first-order chi connectivity index (χ1) is 13.7. The van der Waals surface area contributed by atoms with Gasteiger partial charge in [-0.05, 0) is 66.2 Å². The van der Waals surface area contributed by atoms with Crippen molar-refractivity contribution in [3.05, 3.63) is 99.0 Å². The van der Waals surface area contributed by atoms with Crippen LogP contribution in [0.15, 0.2) is 77.7 Å². The summed E-state index contributed by atoms with van der Waals surface area (Å²) in [7, 11) is -4.18. The van der Waals surface area contributed by atoms with E-state index in [4.69, 9.17) is 39.0 Å². The number of halogens is 3. The van der Waals surface area contributed by atoms with E-state index in [0.29, 0.717) is 10.6 Å². The van der Waals surface area contributed by atoms with Gasteiger partial charge in [-0.25, -0.2) is 0 Å². The average molecular weight is 468 g/mol. The maximum absolute atomic E-state index is 12.4. The molecule has 3 rings (SSSR count). The van der Waals surface area contributed by atoms with E-state index in [1.54, 1.807) is 24.3 Å². The third kappa shape index (κ3) is 5.61. The molecule has 148 valence electrons. The third-order valence-corrected chi connectivity index (χ3v) is 5.98. The number of benzene rings is 3. The molecule has 8 heteroatoms. The molecule has 0 aliphatic carbocycles. The fourth-order valence-corrected chi connectivity index (χ4v) is 4.26. The Morgan fingerprint density at radius 1 is 0.862 bits per heavy atom. The van der Waals surface area contributed by atoms with E-state index >= 15 is 0 Å². The lowest BCUT2D eigenvalue weighted by Crippen LogP contribution is -2.10. The largest absolute Gasteiger partial charge is 0.379 e. The molecular formula is C21H13Cl3O4S. The quantitative estimate of drug-likeness (QED) is 0.242. The van der Waals surface area contributed by atoms with Crippen LogP contribution < -0.4 is 4.18 Å². The molecule has 0 unspecified atom stereocenters. The molecule has 0 amide bonds. The SMILES string of the molecule is O=C(/C=C/c1cccc(Cl)c1)c1ccc(OS(=O)(=O)c2cc(Cl)ccc2Cl)cc1. The molecule has 0 bridgehead atoms. The number of carbonyl (C=O) groups excluding carboxylic acids is 1. The van der Waals surface area contributed by atoms with Gasteiger partial charge in [0, 0.05) is 15.6 Å². The number of ketones is 1. The van der Waals surface area contributed by atoms with E-state index in [9.17, 15) is 13.2 Å². The fraction of sp³-hybridized carbons (Fsp3) is 0. The molecule has 0 fully saturated rings. The Morgan fingerprint density at radius 3 is 2.24 bits per heavy atom. The molecule has 0 aliphatic rings. The minimum Gasteiger partial charge on any atom is -0.379 e. The van der Waals surface area contributed by atoms with Crippen LogP contribution in [0.3, 0.4) is 0 Å². The topological polar surface area (TPSA) is 60.4 Å². The van der Waals surface area contributed by atoms with Crippen LogP contribution in [0.1, 0.15) is 15.9 Å². The summed E-state index contributed by atoms with van der Waals surface area (Å²) >= 11 is 17.7. The first-order valence-corrected chi connectivity index (χ1v) is 10.8. The molecular weight excluding hydrogens is 455 g/mol. The first kappa shape index (κ1) is 21.4. The number of hydrogen-bond donors (Lipinski definition) is 0. The molecule has 3 aromatic rings. The van der Waals surface area contributed by atoms with Crippen LogP contribution in [0.4, 0.5) is 0 Å². The van der Waals surface area contributed by atoms with Crippen LogP contribution in [0.2, 0.25) is 15.1 Å². The summed E-state index contributed by atoms with van der Waals surface area (Å²) in [5, 5.41) is 0.776. The highest BCUT2D eigenvalue weighted by Gasteiger charge is 2.21. The van der Waals surface area contributed by atoms with Crippen molar-refractivity contribution in [2.45, 2.75) is 4.90 Å². The Morgan fingerprint density at radius 2 is 1.55 bits per heavy atom. The van der Waals surface area contributed by atoms with E-state index in [-0.39, 0.29) is 26.5 Å². The third-order valence-electron chi connectivity index (χ3n) is 3.78. The predicted octanol–water partition coefficient (Wildman–Crippen LogP) is 6.31. The maximum atomic E-state index is 12.4. The molecule has 3 aromatic carbocycles. The second kappa shape index (κ2) is 9.01. The smallest absolute Gasteiger partial charge is 0.340 e. The molecule has 0 N–H and O–H groups in total. The number of hydrogen-bond acceptors (Lipinski definition) is 4.